The monoisotopic (exact) mass is 545 g/mol. The van der Waals surface area contributed by atoms with Gasteiger partial charge < -0.3 is 33.0 Å². The Bertz CT molecular complexity index is 936. The van der Waals surface area contributed by atoms with Crippen LogP contribution in [0, 0.1) is 0 Å². The summed E-state index contributed by atoms with van der Waals surface area (Å²) in [6.07, 6.45) is -0.351. The number of benzene rings is 2. The van der Waals surface area contributed by atoms with Gasteiger partial charge in [-0.25, -0.2) is 4.79 Å². The zero-order chi connectivity index (χ0) is 27.2. The number of hydrogen-bond acceptors (Lipinski definition) is 7. The lowest BCUT2D eigenvalue weighted by Crippen LogP contribution is -2.32. The van der Waals surface area contributed by atoms with E-state index in [0.717, 1.165) is 0 Å². The summed E-state index contributed by atoms with van der Waals surface area (Å²) in [6, 6.07) is 16.6. The van der Waals surface area contributed by atoms with Gasteiger partial charge in [0, 0.05) is 19.5 Å². The van der Waals surface area contributed by atoms with Gasteiger partial charge in [-0.15, -0.1) is 0 Å². The maximum Gasteiger partial charge on any atom is 0.409 e. The zero-order valence-corrected chi connectivity index (χ0v) is 24.3. The van der Waals surface area contributed by atoms with E-state index in [0.29, 0.717) is 72.6 Å². The molecule has 0 fully saturated rings. The number of nitrogens with zero attached hydrogens (tertiary/aromatic N) is 1. The van der Waals surface area contributed by atoms with Crippen molar-refractivity contribution in [3.05, 3.63) is 59.7 Å². The van der Waals surface area contributed by atoms with Crippen molar-refractivity contribution in [2.24, 2.45) is 0 Å². The second-order valence-electron chi connectivity index (χ2n) is 10.1. The van der Waals surface area contributed by atoms with E-state index >= 15 is 0 Å². The number of hydrogen-bond donors (Lipinski definition) is 0. The summed E-state index contributed by atoms with van der Waals surface area (Å²) >= 11 is 0. The standard InChI is InChI=1S/C29H43NO7Si/c1-30(13-14-32-15-16-33-17-18-34-19-20-35-21-22-37-38(2,3)4)29(31)36-23-28-26-11-7-5-9-24(26)25-10-6-8-12-27(25)28/h5-12,28H,13-23H2,1-4H3. The second-order valence-corrected chi connectivity index (χ2v) is 14.6. The topological polar surface area (TPSA) is 75.7 Å². The number of carbonyl (C=O) groups excluding carboxylic acids is 1. The van der Waals surface area contributed by atoms with Crippen molar-refractivity contribution in [3.8, 4) is 11.1 Å². The maximum absolute atomic E-state index is 12.5. The summed E-state index contributed by atoms with van der Waals surface area (Å²) in [7, 11) is 0.262. The summed E-state index contributed by atoms with van der Waals surface area (Å²) in [5.74, 6) is 0.0547. The van der Waals surface area contributed by atoms with Crippen LogP contribution in [0.3, 0.4) is 0 Å². The molecular formula is C29H43NO7Si. The molecule has 1 amide bonds. The van der Waals surface area contributed by atoms with Crippen LogP contribution < -0.4 is 0 Å². The van der Waals surface area contributed by atoms with E-state index in [1.165, 1.54) is 22.3 Å². The van der Waals surface area contributed by atoms with Crippen LogP contribution >= 0.6 is 0 Å². The summed E-state index contributed by atoms with van der Waals surface area (Å²) < 4.78 is 33.4. The van der Waals surface area contributed by atoms with Gasteiger partial charge in [-0.2, -0.15) is 0 Å². The van der Waals surface area contributed by atoms with Crippen LogP contribution in [0.1, 0.15) is 17.0 Å². The van der Waals surface area contributed by atoms with E-state index in [2.05, 4.69) is 43.9 Å². The number of likely N-dealkylation sites (N-methyl/N-ethyl adjacent to an activating group) is 1. The van der Waals surface area contributed by atoms with Gasteiger partial charge in [-0.05, 0) is 41.9 Å². The normalized spacial score (nSPS) is 12.8. The molecule has 2 aromatic carbocycles. The van der Waals surface area contributed by atoms with E-state index in [1.807, 2.05) is 24.3 Å². The van der Waals surface area contributed by atoms with Gasteiger partial charge >= 0.3 is 6.09 Å². The molecule has 8 nitrogen and oxygen atoms in total. The second kappa shape index (κ2) is 16.0. The third kappa shape index (κ3) is 10.1. The van der Waals surface area contributed by atoms with Gasteiger partial charge in [-0.3, -0.25) is 0 Å². The number of carbonyl (C=O) groups is 1. The Morgan fingerprint density at radius 2 is 1.16 bits per heavy atom. The van der Waals surface area contributed by atoms with Crippen LogP contribution in [0.4, 0.5) is 4.79 Å². The molecule has 0 atom stereocenters. The number of ether oxygens (including phenoxy) is 5. The third-order valence-electron chi connectivity index (χ3n) is 6.10. The van der Waals surface area contributed by atoms with Crippen molar-refractivity contribution < 1.29 is 32.9 Å². The zero-order valence-electron chi connectivity index (χ0n) is 23.3. The van der Waals surface area contributed by atoms with E-state index in [-0.39, 0.29) is 12.0 Å². The average Bonchev–Trinajstić information content (AvgIpc) is 3.22. The highest BCUT2D eigenvalue weighted by atomic mass is 28.4. The minimum absolute atomic E-state index is 0.0547. The van der Waals surface area contributed by atoms with E-state index in [4.69, 9.17) is 28.1 Å². The van der Waals surface area contributed by atoms with Crippen molar-refractivity contribution >= 4 is 14.4 Å². The first-order chi connectivity index (χ1) is 18.4. The van der Waals surface area contributed by atoms with Crippen LogP contribution in [0.2, 0.25) is 19.6 Å². The Morgan fingerprint density at radius 1 is 0.711 bits per heavy atom. The fourth-order valence-corrected chi connectivity index (χ4v) is 4.86. The predicted octanol–water partition coefficient (Wildman–Crippen LogP) is 4.79. The number of fused-ring (bicyclic) bond motifs is 3. The lowest BCUT2D eigenvalue weighted by atomic mass is 9.98. The molecule has 38 heavy (non-hydrogen) atoms. The Kier molecular flexibility index (Phi) is 12.7. The summed E-state index contributed by atoms with van der Waals surface area (Å²) in [5.41, 5.74) is 4.84. The molecule has 0 saturated carbocycles. The van der Waals surface area contributed by atoms with Gasteiger partial charge in [0.2, 0.25) is 0 Å². The SMILES string of the molecule is CN(CCOCCOCCOCCOCCO[Si](C)(C)C)C(=O)OCC1c2ccccc2-c2ccccc21. The predicted molar refractivity (Wildman–Crippen MR) is 150 cm³/mol. The molecule has 0 N–H and O–H groups in total. The maximum atomic E-state index is 12.5. The number of rotatable bonds is 18. The van der Waals surface area contributed by atoms with Gasteiger partial charge in [-0.1, -0.05) is 48.5 Å². The molecule has 0 aromatic heterocycles. The Hall–Kier alpha value is -2.27. The third-order valence-corrected chi connectivity index (χ3v) is 7.17. The molecule has 210 valence electrons. The van der Waals surface area contributed by atoms with Crippen LogP contribution in [-0.4, -0.2) is 99.0 Å². The number of amides is 1. The molecule has 0 aliphatic heterocycles. The minimum atomic E-state index is -1.46. The average molecular weight is 546 g/mol. The molecule has 1 aliphatic carbocycles. The summed E-state index contributed by atoms with van der Waals surface area (Å²) in [4.78, 5) is 14.1. The molecular weight excluding hydrogens is 502 g/mol. The minimum Gasteiger partial charge on any atom is -0.448 e. The van der Waals surface area contributed by atoms with Crippen LogP contribution in [0.5, 0.6) is 0 Å². The Labute approximate surface area is 228 Å². The largest absolute Gasteiger partial charge is 0.448 e. The molecule has 0 spiro atoms. The lowest BCUT2D eigenvalue weighted by Gasteiger charge is -2.19. The molecule has 9 heteroatoms. The highest BCUT2D eigenvalue weighted by molar-refractivity contribution is 6.69. The summed E-state index contributed by atoms with van der Waals surface area (Å²) in [6.45, 7) is 11.9. The molecule has 2 aromatic rings. The Balaban J connectivity index is 1.17. The first-order valence-electron chi connectivity index (χ1n) is 13.4. The van der Waals surface area contributed by atoms with Gasteiger partial charge in [0.25, 0.3) is 0 Å². The highest BCUT2D eigenvalue weighted by Gasteiger charge is 2.29. The fourth-order valence-electron chi connectivity index (χ4n) is 4.17. The molecule has 0 radical (unpaired) electrons. The molecule has 3 rings (SSSR count). The first kappa shape index (κ1) is 30.3. The van der Waals surface area contributed by atoms with Crippen molar-refractivity contribution in [3.63, 3.8) is 0 Å². The van der Waals surface area contributed by atoms with Gasteiger partial charge in [0.05, 0.1) is 59.5 Å². The quantitative estimate of drug-likeness (QED) is 0.197. The van der Waals surface area contributed by atoms with E-state index in [1.54, 1.807) is 11.9 Å². The summed E-state index contributed by atoms with van der Waals surface area (Å²) in [5, 5.41) is 0. The lowest BCUT2D eigenvalue weighted by molar-refractivity contribution is -0.00622. The van der Waals surface area contributed by atoms with E-state index < -0.39 is 8.32 Å². The molecule has 0 unspecified atom stereocenters. The first-order valence-corrected chi connectivity index (χ1v) is 16.8. The van der Waals surface area contributed by atoms with E-state index in [9.17, 15) is 4.79 Å². The van der Waals surface area contributed by atoms with Gasteiger partial charge in [0.1, 0.15) is 6.61 Å². The van der Waals surface area contributed by atoms with Crippen molar-refractivity contribution in [2.75, 3.05) is 79.7 Å². The Morgan fingerprint density at radius 3 is 1.66 bits per heavy atom. The molecule has 0 heterocycles. The smallest absolute Gasteiger partial charge is 0.409 e. The molecule has 1 aliphatic rings. The molecule has 0 saturated heterocycles. The van der Waals surface area contributed by atoms with Crippen LogP contribution in [0.15, 0.2) is 48.5 Å². The van der Waals surface area contributed by atoms with Crippen molar-refractivity contribution in [2.45, 2.75) is 25.6 Å². The van der Waals surface area contributed by atoms with Gasteiger partial charge in [0.15, 0.2) is 8.32 Å². The van der Waals surface area contributed by atoms with Crippen LogP contribution in [0.25, 0.3) is 11.1 Å². The molecule has 0 bridgehead atoms. The van der Waals surface area contributed by atoms with Crippen molar-refractivity contribution in [1.29, 1.82) is 0 Å². The van der Waals surface area contributed by atoms with Crippen molar-refractivity contribution in [1.82, 2.24) is 4.90 Å². The highest BCUT2D eigenvalue weighted by Crippen LogP contribution is 2.44. The van der Waals surface area contributed by atoms with Crippen LogP contribution in [-0.2, 0) is 28.1 Å². The fraction of sp³-hybridized carbons (Fsp3) is 0.552.